The summed E-state index contributed by atoms with van der Waals surface area (Å²) in [5.74, 6) is 0.743. The molecule has 1 atom stereocenters. The van der Waals surface area contributed by atoms with Gasteiger partial charge in [-0.1, -0.05) is 51.3 Å². The number of anilines is 1. The SMILES string of the molecule is CCC(C)CNC(=O)CN1CN(c2ccccc2)C2(CCN(C(=O)C3CCCC3)CC2)C1=O. The van der Waals surface area contributed by atoms with Crippen LogP contribution in [0.2, 0.25) is 0 Å². The number of nitrogens with zero attached hydrogens (tertiary/aromatic N) is 3. The molecule has 0 bridgehead atoms. The lowest BCUT2D eigenvalue weighted by Crippen LogP contribution is -2.58. The van der Waals surface area contributed by atoms with Crippen molar-refractivity contribution in [2.24, 2.45) is 11.8 Å². The molecule has 1 spiro atoms. The van der Waals surface area contributed by atoms with Crippen molar-refractivity contribution in [1.82, 2.24) is 15.1 Å². The summed E-state index contributed by atoms with van der Waals surface area (Å²) in [5, 5.41) is 2.98. The number of amides is 3. The monoisotopic (exact) mass is 454 g/mol. The van der Waals surface area contributed by atoms with Gasteiger partial charge in [0.1, 0.15) is 12.1 Å². The van der Waals surface area contributed by atoms with Gasteiger partial charge in [-0.25, -0.2) is 0 Å². The average Bonchev–Trinajstić information content (AvgIpc) is 3.47. The quantitative estimate of drug-likeness (QED) is 0.687. The van der Waals surface area contributed by atoms with E-state index in [4.69, 9.17) is 0 Å². The Bertz CT molecular complexity index is 844. The maximum atomic E-state index is 13.7. The predicted molar refractivity (Wildman–Crippen MR) is 128 cm³/mol. The molecule has 4 rings (SSSR count). The number of hydrogen-bond donors (Lipinski definition) is 1. The molecule has 2 heterocycles. The normalized spacial score (nSPS) is 21.6. The van der Waals surface area contributed by atoms with Crippen LogP contribution < -0.4 is 10.2 Å². The lowest BCUT2D eigenvalue weighted by Gasteiger charge is -2.43. The first-order valence-corrected chi connectivity index (χ1v) is 12.6. The first kappa shape index (κ1) is 23.6. The van der Waals surface area contributed by atoms with Crippen LogP contribution >= 0.6 is 0 Å². The van der Waals surface area contributed by atoms with E-state index in [1.807, 2.05) is 35.2 Å². The van der Waals surface area contributed by atoms with E-state index >= 15 is 0 Å². The number of hydrogen-bond acceptors (Lipinski definition) is 4. The highest BCUT2D eigenvalue weighted by atomic mass is 16.2. The minimum absolute atomic E-state index is 0.0120. The van der Waals surface area contributed by atoms with E-state index in [-0.39, 0.29) is 30.2 Å². The summed E-state index contributed by atoms with van der Waals surface area (Å²) in [6.07, 6.45) is 6.48. The summed E-state index contributed by atoms with van der Waals surface area (Å²) in [6, 6.07) is 9.98. The predicted octanol–water partition coefficient (Wildman–Crippen LogP) is 3.01. The maximum Gasteiger partial charge on any atom is 0.250 e. The molecule has 7 nitrogen and oxygen atoms in total. The van der Waals surface area contributed by atoms with Crippen molar-refractivity contribution in [2.45, 2.75) is 64.3 Å². The molecule has 1 aromatic carbocycles. The van der Waals surface area contributed by atoms with Crippen LogP contribution in [0.3, 0.4) is 0 Å². The number of benzene rings is 1. The Morgan fingerprint density at radius 3 is 2.42 bits per heavy atom. The molecule has 1 aromatic rings. The zero-order chi connectivity index (χ0) is 23.4. The third-order valence-electron chi connectivity index (χ3n) is 7.87. The van der Waals surface area contributed by atoms with Crippen molar-refractivity contribution in [3.63, 3.8) is 0 Å². The second-order valence-corrected chi connectivity index (χ2v) is 10.1. The van der Waals surface area contributed by atoms with Gasteiger partial charge in [0, 0.05) is 31.2 Å². The first-order chi connectivity index (χ1) is 15.9. The smallest absolute Gasteiger partial charge is 0.250 e. The third-order valence-corrected chi connectivity index (χ3v) is 7.87. The summed E-state index contributed by atoms with van der Waals surface area (Å²) < 4.78 is 0. The van der Waals surface area contributed by atoms with Gasteiger partial charge in [0.2, 0.25) is 11.8 Å². The second kappa shape index (κ2) is 10.1. The van der Waals surface area contributed by atoms with Crippen molar-refractivity contribution in [1.29, 1.82) is 0 Å². The number of piperidine rings is 1. The Balaban J connectivity index is 1.48. The molecule has 0 radical (unpaired) electrons. The Morgan fingerprint density at radius 2 is 1.79 bits per heavy atom. The Kier molecular flexibility index (Phi) is 7.25. The molecular formula is C26H38N4O3. The van der Waals surface area contributed by atoms with Crippen LogP contribution in [-0.2, 0) is 14.4 Å². The van der Waals surface area contributed by atoms with Gasteiger partial charge < -0.3 is 20.0 Å². The number of likely N-dealkylation sites (tertiary alicyclic amines) is 1. The minimum Gasteiger partial charge on any atom is -0.354 e. The molecule has 3 aliphatic rings. The highest BCUT2D eigenvalue weighted by molar-refractivity contribution is 5.96. The molecule has 1 aliphatic carbocycles. The fourth-order valence-corrected chi connectivity index (χ4v) is 5.51. The fraction of sp³-hybridized carbons (Fsp3) is 0.654. The standard InChI is InChI=1S/C26H38N4O3/c1-3-20(2)17-27-23(31)18-29-19-30(22-11-5-4-6-12-22)26(25(29)33)13-15-28(16-14-26)24(32)21-9-7-8-10-21/h4-6,11-12,20-21H,3,7-10,13-19H2,1-2H3,(H,27,31). The van der Waals surface area contributed by atoms with Gasteiger partial charge in [-0.15, -0.1) is 0 Å². The van der Waals surface area contributed by atoms with Crippen LogP contribution in [0, 0.1) is 11.8 Å². The molecular weight excluding hydrogens is 416 g/mol. The van der Waals surface area contributed by atoms with Crippen LogP contribution in [0.25, 0.3) is 0 Å². The second-order valence-electron chi connectivity index (χ2n) is 10.1. The Hall–Kier alpha value is -2.57. The van der Waals surface area contributed by atoms with E-state index in [9.17, 15) is 14.4 Å². The maximum absolute atomic E-state index is 13.7. The minimum atomic E-state index is -0.690. The van der Waals surface area contributed by atoms with Gasteiger partial charge in [0.05, 0.1) is 6.67 Å². The van der Waals surface area contributed by atoms with Gasteiger partial charge in [0.15, 0.2) is 0 Å². The van der Waals surface area contributed by atoms with Crippen LogP contribution in [0.15, 0.2) is 30.3 Å². The molecule has 7 heteroatoms. The van der Waals surface area contributed by atoms with E-state index in [2.05, 4.69) is 24.1 Å². The van der Waals surface area contributed by atoms with Crippen molar-refractivity contribution < 1.29 is 14.4 Å². The van der Waals surface area contributed by atoms with E-state index in [1.54, 1.807) is 4.90 Å². The van der Waals surface area contributed by atoms with Crippen molar-refractivity contribution in [3.8, 4) is 0 Å². The fourth-order valence-electron chi connectivity index (χ4n) is 5.51. The number of carbonyl (C=O) groups excluding carboxylic acids is 3. The number of carbonyl (C=O) groups is 3. The summed E-state index contributed by atoms with van der Waals surface area (Å²) in [5.41, 5.74) is 0.300. The average molecular weight is 455 g/mol. The number of nitrogens with one attached hydrogen (secondary N) is 1. The molecule has 1 unspecified atom stereocenters. The van der Waals surface area contributed by atoms with E-state index in [0.29, 0.717) is 45.1 Å². The summed E-state index contributed by atoms with van der Waals surface area (Å²) in [7, 11) is 0. The summed E-state index contributed by atoms with van der Waals surface area (Å²) >= 11 is 0. The first-order valence-electron chi connectivity index (χ1n) is 12.6. The van der Waals surface area contributed by atoms with Gasteiger partial charge in [-0.3, -0.25) is 14.4 Å². The van der Waals surface area contributed by atoms with Gasteiger partial charge >= 0.3 is 0 Å². The molecule has 3 fully saturated rings. The largest absolute Gasteiger partial charge is 0.354 e. The topological polar surface area (TPSA) is 73.0 Å². The van der Waals surface area contributed by atoms with Gasteiger partial charge in [0.25, 0.3) is 5.91 Å². The lowest BCUT2D eigenvalue weighted by molar-refractivity contribution is -0.141. The lowest BCUT2D eigenvalue weighted by atomic mass is 9.85. The zero-order valence-electron chi connectivity index (χ0n) is 20.1. The molecule has 2 saturated heterocycles. The van der Waals surface area contributed by atoms with Crippen molar-refractivity contribution in [2.75, 3.05) is 37.7 Å². The van der Waals surface area contributed by atoms with E-state index in [0.717, 1.165) is 37.8 Å². The van der Waals surface area contributed by atoms with Crippen LogP contribution in [0.1, 0.15) is 58.8 Å². The van der Waals surface area contributed by atoms with Crippen LogP contribution in [-0.4, -0.2) is 65.9 Å². The summed E-state index contributed by atoms with van der Waals surface area (Å²) in [4.78, 5) is 45.1. The van der Waals surface area contributed by atoms with E-state index < -0.39 is 5.54 Å². The Morgan fingerprint density at radius 1 is 1.12 bits per heavy atom. The highest BCUT2D eigenvalue weighted by Crippen LogP contribution is 2.40. The number of para-hydroxylation sites is 1. The van der Waals surface area contributed by atoms with Crippen LogP contribution in [0.5, 0.6) is 0 Å². The molecule has 1 N–H and O–H groups in total. The van der Waals surface area contributed by atoms with Gasteiger partial charge in [-0.2, -0.15) is 0 Å². The molecule has 180 valence electrons. The summed E-state index contributed by atoms with van der Waals surface area (Å²) in [6.45, 7) is 6.50. The van der Waals surface area contributed by atoms with Crippen molar-refractivity contribution in [3.05, 3.63) is 30.3 Å². The van der Waals surface area contributed by atoms with Crippen LogP contribution in [0.4, 0.5) is 5.69 Å². The highest BCUT2D eigenvalue weighted by Gasteiger charge is 2.54. The van der Waals surface area contributed by atoms with Crippen molar-refractivity contribution >= 4 is 23.4 Å². The van der Waals surface area contributed by atoms with Gasteiger partial charge in [-0.05, 0) is 43.7 Å². The zero-order valence-corrected chi connectivity index (χ0v) is 20.1. The molecule has 2 aliphatic heterocycles. The third kappa shape index (κ3) is 4.87. The van der Waals surface area contributed by atoms with E-state index in [1.165, 1.54) is 0 Å². The molecule has 1 saturated carbocycles. The number of rotatable bonds is 7. The molecule has 0 aromatic heterocycles. The Labute approximate surface area is 197 Å². The molecule has 3 amide bonds. The molecule has 33 heavy (non-hydrogen) atoms.